The van der Waals surface area contributed by atoms with Crippen LogP contribution in [0.5, 0.6) is 5.75 Å². The predicted octanol–water partition coefficient (Wildman–Crippen LogP) is 1.18. The van der Waals surface area contributed by atoms with Gasteiger partial charge in [0, 0.05) is 0 Å². The van der Waals surface area contributed by atoms with Crippen LogP contribution in [-0.2, 0) is 21.4 Å². The lowest BCUT2D eigenvalue weighted by Gasteiger charge is -2.19. The molecule has 2 rings (SSSR count). The molecule has 1 unspecified atom stereocenters. The molecule has 1 fully saturated rings. The molecule has 1 aromatic carbocycles. The molecular formula is C14H23N3O4S. The molecule has 0 amide bonds. The van der Waals surface area contributed by atoms with Gasteiger partial charge in [0.15, 0.2) is 5.75 Å². The van der Waals surface area contributed by atoms with E-state index >= 15 is 0 Å². The molecule has 1 aliphatic rings. The first-order valence-electron chi connectivity index (χ1n) is 6.75. The summed E-state index contributed by atoms with van der Waals surface area (Å²) in [5.74, 6) is -0.285. The zero-order valence-electron chi connectivity index (χ0n) is 11.7. The standard InChI is InChI=1S/C13H19N3O4S.CH4/c1-2-3-4-9-5-11(14)13(18)12(6-9)16-7-10(8-17)15-21(16,19)20;/h5-6,8,10,15,18H,2-4,7,14H2,1H3;1H4. The number of rotatable bonds is 5. The van der Waals surface area contributed by atoms with Crippen molar-refractivity contribution in [1.29, 1.82) is 0 Å². The topological polar surface area (TPSA) is 113 Å². The van der Waals surface area contributed by atoms with Crippen LogP contribution in [0.3, 0.4) is 0 Å². The number of phenols is 1. The van der Waals surface area contributed by atoms with Crippen molar-refractivity contribution >= 4 is 27.9 Å². The van der Waals surface area contributed by atoms with E-state index in [0.29, 0.717) is 6.29 Å². The number of phenolic OH excluding ortho intramolecular Hbond substituents is 1. The Morgan fingerprint density at radius 3 is 2.73 bits per heavy atom. The number of aldehydes is 1. The Hall–Kier alpha value is -1.80. The highest BCUT2D eigenvalue weighted by molar-refractivity contribution is 7.91. The maximum atomic E-state index is 12.0. The van der Waals surface area contributed by atoms with E-state index in [-0.39, 0.29) is 31.1 Å². The minimum atomic E-state index is -3.84. The highest BCUT2D eigenvalue weighted by atomic mass is 32.2. The van der Waals surface area contributed by atoms with Gasteiger partial charge in [-0.25, -0.2) is 0 Å². The Bertz CT molecular complexity index is 646. The number of aryl methyl sites for hydroxylation is 1. The van der Waals surface area contributed by atoms with Gasteiger partial charge in [0.2, 0.25) is 0 Å². The third kappa shape index (κ3) is 3.50. The Morgan fingerprint density at radius 1 is 1.50 bits per heavy atom. The van der Waals surface area contributed by atoms with Crippen LogP contribution in [-0.4, -0.2) is 32.4 Å². The van der Waals surface area contributed by atoms with Gasteiger partial charge in [-0.3, -0.25) is 4.31 Å². The van der Waals surface area contributed by atoms with Crippen LogP contribution in [0, 0.1) is 0 Å². The van der Waals surface area contributed by atoms with E-state index in [0.717, 1.165) is 29.1 Å². The summed E-state index contributed by atoms with van der Waals surface area (Å²) >= 11 is 0. The molecule has 0 aliphatic carbocycles. The number of aromatic hydroxyl groups is 1. The number of benzene rings is 1. The van der Waals surface area contributed by atoms with Gasteiger partial charge in [0.25, 0.3) is 0 Å². The van der Waals surface area contributed by atoms with Crippen LogP contribution in [0.25, 0.3) is 0 Å². The maximum Gasteiger partial charge on any atom is 0.302 e. The second-order valence-corrected chi connectivity index (χ2v) is 6.68. The Labute approximate surface area is 131 Å². The lowest BCUT2D eigenvalue weighted by atomic mass is 10.1. The molecule has 8 heteroatoms. The maximum absolute atomic E-state index is 12.0. The quantitative estimate of drug-likeness (QED) is 0.426. The molecule has 124 valence electrons. The van der Waals surface area contributed by atoms with Crippen molar-refractivity contribution in [3.63, 3.8) is 0 Å². The monoisotopic (exact) mass is 329 g/mol. The highest BCUT2D eigenvalue weighted by Crippen LogP contribution is 2.37. The summed E-state index contributed by atoms with van der Waals surface area (Å²) in [7, 11) is -3.84. The molecule has 1 saturated heterocycles. The van der Waals surface area contributed by atoms with Crippen molar-refractivity contribution in [2.24, 2.45) is 0 Å². The summed E-state index contributed by atoms with van der Waals surface area (Å²) in [6.45, 7) is 1.99. The Morgan fingerprint density at radius 2 is 2.18 bits per heavy atom. The number of hydrogen-bond donors (Lipinski definition) is 3. The third-order valence-electron chi connectivity index (χ3n) is 3.38. The van der Waals surface area contributed by atoms with Gasteiger partial charge in [0.05, 0.1) is 24.0 Å². The van der Waals surface area contributed by atoms with Crippen molar-refractivity contribution in [2.45, 2.75) is 39.7 Å². The Kier molecular flexibility index (Phi) is 5.78. The Balaban J connectivity index is 0.00000242. The average molecular weight is 329 g/mol. The summed E-state index contributed by atoms with van der Waals surface area (Å²) in [5, 5.41) is 10.1. The number of carbonyl (C=O) groups excluding carboxylic acids is 1. The summed E-state index contributed by atoms with van der Waals surface area (Å²) in [5.41, 5.74) is 6.85. The van der Waals surface area contributed by atoms with Crippen molar-refractivity contribution in [3.05, 3.63) is 17.7 Å². The predicted molar refractivity (Wildman–Crippen MR) is 87.1 cm³/mol. The van der Waals surface area contributed by atoms with E-state index in [9.17, 15) is 18.3 Å². The zero-order chi connectivity index (χ0) is 15.6. The van der Waals surface area contributed by atoms with Crippen LogP contribution in [0.2, 0.25) is 0 Å². The molecule has 1 heterocycles. The molecule has 4 N–H and O–H groups in total. The van der Waals surface area contributed by atoms with Gasteiger partial charge in [-0.15, -0.1) is 0 Å². The molecule has 7 nitrogen and oxygen atoms in total. The SMILES string of the molecule is C.CCCCc1cc(N)c(O)c(N2CC(C=O)NS2(=O)=O)c1. The van der Waals surface area contributed by atoms with Crippen molar-refractivity contribution in [2.75, 3.05) is 16.6 Å². The molecule has 1 aliphatic heterocycles. The average Bonchev–Trinajstić information content (AvgIpc) is 2.75. The normalized spacial score (nSPS) is 19.7. The number of nitrogens with two attached hydrogens (primary N) is 1. The number of carbonyl (C=O) groups is 1. The minimum Gasteiger partial charge on any atom is -0.504 e. The van der Waals surface area contributed by atoms with E-state index in [1.807, 2.05) is 6.92 Å². The molecular weight excluding hydrogens is 306 g/mol. The van der Waals surface area contributed by atoms with E-state index in [1.165, 1.54) is 0 Å². The second-order valence-electron chi connectivity index (χ2n) is 5.05. The van der Waals surface area contributed by atoms with Crippen LogP contribution in [0.15, 0.2) is 12.1 Å². The molecule has 0 radical (unpaired) electrons. The van der Waals surface area contributed by atoms with Crippen molar-refractivity contribution in [3.8, 4) is 5.75 Å². The van der Waals surface area contributed by atoms with Crippen LogP contribution < -0.4 is 14.8 Å². The fourth-order valence-corrected chi connectivity index (χ4v) is 3.68. The second kappa shape index (κ2) is 6.97. The minimum absolute atomic E-state index is 0. The summed E-state index contributed by atoms with van der Waals surface area (Å²) in [6.07, 6.45) is 3.20. The first-order chi connectivity index (χ1) is 9.89. The van der Waals surface area contributed by atoms with Crippen LogP contribution in [0.4, 0.5) is 11.4 Å². The molecule has 1 atom stereocenters. The largest absolute Gasteiger partial charge is 0.504 e. The van der Waals surface area contributed by atoms with Crippen molar-refractivity contribution < 1.29 is 18.3 Å². The molecule has 1 aromatic rings. The van der Waals surface area contributed by atoms with Gasteiger partial charge < -0.3 is 15.6 Å². The number of nitrogen functional groups attached to an aromatic ring is 1. The molecule has 0 spiro atoms. The number of nitrogens with zero attached hydrogens (tertiary/aromatic N) is 1. The molecule has 0 bridgehead atoms. The summed E-state index contributed by atoms with van der Waals surface area (Å²) in [6, 6.07) is 2.42. The first kappa shape index (κ1) is 18.2. The van der Waals surface area contributed by atoms with E-state index < -0.39 is 16.3 Å². The van der Waals surface area contributed by atoms with Gasteiger partial charge in [-0.1, -0.05) is 20.8 Å². The van der Waals surface area contributed by atoms with Gasteiger partial charge in [-0.2, -0.15) is 13.1 Å². The van der Waals surface area contributed by atoms with Gasteiger partial charge >= 0.3 is 10.2 Å². The van der Waals surface area contributed by atoms with E-state index in [4.69, 9.17) is 5.73 Å². The molecule has 0 aromatic heterocycles. The molecule has 22 heavy (non-hydrogen) atoms. The molecule has 0 saturated carbocycles. The summed E-state index contributed by atoms with van der Waals surface area (Å²) in [4.78, 5) is 10.8. The lowest BCUT2D eigenvalue weighted by molar-refractivity contribution is -0.108. The smallest absolute Gasteiger partial charge is 0.302 e. The highest BCUT2D eigenvalue weighted by Gasteiger charge is 2.37. The number of nitrogens with one attached hydrogen (secondary N) is 1. The van der Waals surface area contributed by atoms with Crippen LogP contribution >= 0.6 is 0 Å². The van der Waals surface area contributed by atoms with Crippen LogP contribution in [0.1, 0.15) is 32.8 Å². The third-order valence-corrected chi connectivity index (χ3v) is 4.91. The van der Waals surface area contributed by atoms with E-state index in [2.05, 4.69) is 4.72 Å². The zero-order valence-corrected chi connectivity index (χ0v) is 12.6. The lowest BCUT2D eigenvalue weighted by Crippen LogP contribution is -2.30. The summed E-state index contributed by atoms with van der Waals surface area (Å²) < 4.78 is 27.2. The van der Waals surface area contributed by atoms with E-state index in [1.54, 1.807) is 12.1 Å². The number of anilines is 2. The van der Waals surface area contributed by atoms with Gasteiger partial charge in [0.1, 0.15) is 6.29 Å². The fraction of sp³-hybridized carbons (Fsp3) is 0.500. The van der Waals surface area contributed by atoms with Gasteiger partial charge in [-0.05, 0) is 30.5 Å². The van der Waals surface area contributed by atoms with Crippen molar-refractivity contribution in [1.82, 2.24) is 4.72 Å². The first-order valence-corrected chi connectivity index (χ1v) is 8.19. The number of hydrogen-bond acceptors (Lipinski definition) is 5. The fourth-order valence-electron chi connectivity index (χ4n) is 2.28. The number of unbranched alkanes of at least 4 members (excludes halogenated alkanes) is 1.